The summed E-state index contributed by atoms with van der Waals surface area (Å²) >= 11 is 5.46. The summed E-state index contributed by atoms with van der Waals surface area (Å²) in [4.78, 5) is 22.7. The molecule has 0 bridgehead atoms. The second-order valence-corrected chi connectivity index (χ2v) is 2.54. The number of rotatable bonds is 2. The van der Waals surface area contributed by atoms with Crippen LogP contribution in [-0.2, 0) is 4.74 Å². The summed E-state index contributed by atoms with van der Waals surface area (Å²) in [5, 5.41) is 10.2. The van der Waals surface area contributed by atoms with Crippen molar-refractivity contribution < 1.29 is 14.5 Å². The van der Waals surface area contributed by atoms with Gasteiger partial charge in [0.15, 0.2) is 0 Å². The smallest absolute Gasteiger partial charge is 0.378 e. The summed E-state index contributed by atoms with van der Waals surface area (Å²) < 4.78 is 4.33. The van der Waals surface area contributed by atoms with Crippen molar-refractivity contribution in [2.75, 3.05) is 7.11 Å². The van der Waals surface area contributed by atoms with Crippen LogP contribution in [0.5, 0.6) is 0 Å². The average Bonchev–Trinajstić information content (AvgIpc) is 2.46. The third-order valence-electron chi connectivity index (χ3n) is 1.34. The van der Waals surface area contributed by atoms with Crippen molar-refractivity contribution in [3.63, 3.8) is 0 Å². The summed E-state index contributed by atoms with van der Waals surface area (Å²) in [5.41, 5.74) is -0.0424. The van der Waals surface area contributed by atoms with Crippen LogP contribution in [0.25, 0.3) is 0 Å². The van der Waals surface area contributed by atoms with Crippen LogP contribution in [0, 0.1) is 10.1 Å². The fraction of sp³-hybridized carbons (Fsp3) is 0.167. The van der Waals surface area contributed by atoms with Crippen molar-refractivity contribution in [2.45, 2.75) is 0 Å². The highest BCUT2D eigenvalue weighted by molar-refractivity contribution is 6.32. The van der Waals surface area contributed by atoms with Crippen LogP contribution >= 0.6 is 11.6 Å². The molecule has 0 fully saturated rings. The Hall–Kier alpha value is -1.56. The van der Waals surface area contributed by atoms with Gasteiger partial charge in [-0.15, -0.1) is 0 Å². The van der Waals surface area contributed by atoms with Gasteiger partial charge in [0.25, 0.3) is 0 Å². The van der Waals surface area contributed by atoms with Gasteiger partial charge in [-0.2, -0.15) is 0 Å². The van der Waals surface area contributed by atoms with E-state index in [4.69, 9.17) is 11.6 Å². The topological polar surface area (TPSA) is 85.2 Å². The lowest BCUT2D eigenvalue weighted by atomic mass is 10.4. The fourth-order valence-electron chi connectivity index (χ4n) is 0.771. The zero-order valence-electron chi connectivity index (χ0n) is 6.54. The summed E-state index contributed by atoms with van der Waals surface area (Å²) in [7, 11) is 1.17. The van der Waals surface area contributed by atoms with E-state index >= 15 is 0 Å². The van der Waals surface area contributed by atoms with Gasteiger partial charge in [-0.1, -0.05) is 11.6 Å². The molecule has 0 unspecified atom stereocenters. The molecule has 0 spiro atoms. The van der Waals surface area contributed by atoms with Crippen LogP contribution in [0.15, 0.2) is 6.07 Å². The summed E-state index contributed by atoms with van der Waals surface area (Å²) in [5.74, 6) is -1.11. The number of nitrogens with zero attached hydrogens (tertiary/aromatic N) is 1. The Balaban J connectivity index is 3.09. The highest BCUT2D eigenvalue weighted by Gasteiger charge is 2.20. The SMILES string of the molecule is COC(=O)c1cc(Cl)c([N+](=O)[O-])[nH]1. The molecule has 0 amide bonds. The Bertz CT molecular complexity index is 360. The second-order valence-electron chi connectivity index (χ2n) is 2.13. The quantitative estimate of drug-likeness (QED) is 0.448. The van der Waals surface area contributed by atoms with E-state index < -0.39 is 16.7 Å². The van der Waals surface area contributed by atoms with Crippen molar-refractivity contribution in [1.29, 1.82) is 0 Å². The van der Waals surface area contributed by atoms with E-state index in [0.29, 0.717) is 0 Å². The number of nitro groups is 1. The van der Waals surface area contributed by atoms with Gasteiger partial charge in [-0.05, 0) is 4.92 Å². The first kappa shape index (κ1) is 9.53. The van der Waals surface area contributed by atoms with Gasteiger partial charge in [0.1, 0.15) is 5.02 Å². The summed E-state index contributed by atoms with van der Waals surface area (Å²) in [6, 6.07) is 1.14. The van der Waals surface area contributed by atoms with Gasteiger partial charge in [0.2, 0.25) is 5.69 Å². The molecule has 0 aliphatic rings. The third-order valence-corrected chi connectivity index (χ3v) is 1.63. The number of ether oxygens (including phenoxy) is 1. The zero-order valence-corrected chi connectivity index (χ0v) is 7.29. The van der Waals surface area contributed by atoms with E-state index in [0.717, 1.165) is 6.07 Å². The molecule has 70 valence electrons. The molecule has 0 aromatic carbocycles. The molecule has 0 saturated heterocycles. The van der Waals surface area contributed by atoms with Gasteiger partial charge in [0, 0.05) is 6.07 Å². The van der Waals surface area contributed by atoms with Crippen molar-refractivity contribution in [2.24, 2.45) is 0 Å². The first-order chi connectivity index (χ1) is 6.06. The van der Waals surface area contributed by atoms with Crippen LogP contribution < -0.4 is 0 Å². The number of aromatic nitrogens is 1. The molecular formula is C6H5ClN2O4. The Labute approximate surface area is 77.6 Å². The maximum absolute atomic E-state index is 10.9. The number of carbonyl (C=O) groups is 1. The van der Waals surface area contributed by atoms with Crippen molar-refractivity contribution in [1.82, 2.24) is 4.98 Å². The maximum Gasteiger partial charge on any atom is 0.378 e. The van der Waals surface area contributed by atoms with Crippen molar-refractivity contribution in [3.8, 4) is 0 Å². The predicted molar refractivity (Wildman–Crippen MR) is 43.8 cm³/mol. The number of halogens is 1. The van der Waals surface area contributed by atoms with Crippen molar-refractivity contribution in [3.05, 3.63) is 26.9 Å². The number of carbonyl (C=O) groups excluding carboxylic acids is 1. The molecule has 1 rings (SSSR count). The largest absolute Gasteiger partial charge is 0.463 e. The van der Waals surface area contributed by atoms with E-state index in [2.05, 4.69) is 9.72 Å². The van der Waals surface area contributed by atoms with Crippen LogP contribution in [0.2, 0.25) is 5.02 Å². The lowest BCUT2D eigenvalue weighted by molar-refractivity contribution is -0.389. The lowest BCUT2D eigenvalue weighted by Crippen LogP contribution is -2.01. The number of aromatic amines is 1. The molecule has 13 heavy (non-hydrogen) atoms. The minimum absolute atomic E-state index is 0.0424. The monoisotopic (exact) mass is 204 g/mol. The Morgan fingerprint density at radius 1 is 1.77 bits per heavy atom. The van der Waals surface area contributed by atoms with Crippen molar-refractivity contribution >= 4 is 23.4 Å². The van der Waals surface area contributed by atoms with Gasteiger partial charge in [0.05, 0.1) is 7.11 Å². The molecule has 1 aromatic rings. The standard InChI is InChI=1S/C6H5ClN2O4/c1-13-6(10)4-2-3(7)5(8-4)9(11)12/h2,8H,1H3. The first-order valence-corrected chi connectivity index (χ1v) is 3.55. The number of esters is 1. The molecule has 1 aromatic heterocycles. The number of hydrogen-bond donors (Lipinski definition) is 1. The molecule has 0 atom stereocenters. The highest BCUT2D eigenvalue weighted by atomic mass is 35.5. The van der Waals surface area contributed by atoms with Crippen LogP contribution in [0.1, 0.15) is 10.5 Å². The van der Waals surface area contributed by atoms with Crippen LogP contribution in [0.4, 0.5) is 5.82 Å². The average molecular weight is 205 g/mol. The predicted octanol–water partition coefficient (Wildman–Crippen LogP) is 1.36. The normalized spacial score (nSPS) is 9.69. The number of nitrogens with one attached hydrogen (secondary N) is 1. The molecule has 1 heterocycles. The highest BCUT2D eigenvalue weighted by Crippen LogP contribution is 2.24. The Morgan fingerprint density at radius 2 is 2.38 bits per heavy atom. The molecule has 1 N–H and O–H groups in total. The van der Waals surface area contributed by atoms with E-state index in [1.165, 1.54) is 7.11 Å². The van der Waals surface area contributed by atoms with E-state index in [-0.39, 0.29) is 10.7 Å². The second kappa shape index (κ2) is 3.44. The maximum atomic E-state index is 10.9. The molecule has 0 aliphatic heterocycles. The van der Waals surface area contributed by atoms with Gasteiger partial charge < -0.3 is 14.9 Å². The summed E-state index contributed by atoms with van der Waals surface area (Å²) in [6.45, 7) is 0. The number of methoxy groups -OCH3 is 1. The summed E-state index contributed by atoms with van der Waals surface area (Å²) in [6.07, 6.45) is 0. The van der Waals surface area contributed by atoms with Gasteiger partial charge in [-0.25, -0.2) is 9.78 Å². The molecule has 6 nitrogen and oxygen atoms in total. The fourth-order valence-corrected chi connectivity index (χ4v) is 0.997. The van der Waals surface area contributed by atoms with Gasteiger partial charge in [-0.3, -0.25) is 0 Å². The number of hydrogen-bond acceptors (Lipinski definition) is 4. The molecule has 0 saturated carbocycles. The third kappa shape index (κ3) is 1.78. The van der Waals surface area contributed by atoms with Crippen LogP contribution in [-0.4, -0.2) is 23.0 Å². The van der Waals surface area contributed by atoms with Crippen LogP contribution in [0.3, 0.4) is 0 Å². The van der Waals surface area contributed by atoms with E-state index in [1.54, 1.807) is 0 Å². The Kier molecular flexibility index (Phi) is 2.52. The molecule has 0 aliphatic carbocycles. The van der Waals surface area contributed by atoms with E-state index in [9.17, 15) is 14.9 Å². The minimum atomic E-state index is -0.714. The first-order valence-electron chi connectivity index (χ1n) is 3.17. The molecular weight excluding hydrogens is 200 g/mol. The number of H-pyrrole nitrogens is 1. The van der Waals surface area contributed by atoms with Gasteiger partial charge >= 0.3 is 11.8 Å². The molecule has 0 radical (unpaired) electrons. The lowest BCUT2D eigenvalue weighted by Gasteiger charge is -1.90. The zero-order chi connectivity index (χ0) is 10.0. The van der Waals surface area contributed by atoms with E-state index in [1.807, 2.05) is 0 Å². The Morgan fingerprint density at radius 3 is 2.77 bits per heavy atom. The molecule has 7 heteroatoms. The minimum Gasteiger partial charge on any atom is -0.463 e.